The summed E-state index contributed by atoms with van der Waals surface area (Å²) in [5.74, 6) is -1.22. The van der Waals surface area contributed by atoms with Crippen LogP contribution in [0.1, 0.15) is 46.5 Å². The van der Waals surface area contributed by atoms with E-state index in [4.69, 9.17) is 52.5 Å². The minimum absolute atomic E-state index is 0.0575. The molecule has 0 aliphatic heterocycles. The Kier molecular flexibility index (Phi) is 29.4. The van der Waals surface area contributed by atoms with E-state index in [0.29, 0.717) is 118 Å². The largest absolute Gasteiger partial charge is 0.481 e. The Balaban J connectivity index is 3.15. The first-order valence-electron chi connectivity index (χ1n) is 15.2. The number of esters is 1. The molecule has 0 aromatic heterocycles. The average molecular weight is 642 g/mol. The molecule has 0 aromatic carbocycles. The third-order valence-electron chi connectivity index (χ3n) is 5.03. The molecule has 2 N–H and O–H groups in total. The van der Waals surface area contributed by atoms with E-state index in [0.717, 1.165) is 0 Å². The highest BCUT2D eigenvalue weighted by molar-refractivity contribution is 5.69. The monoisotopic (exact) mass is 641 g/mol. The number of aliphatic carboxylic acids is 1. The summed E-state index contributed by atoms with van der Waals surface area (Å²) in [6.07, 6.45) is 0.763. The zero-order chi connectivity index (χ0) is 32.6. The van der Waals surface area contributed by atoms with Gasteiger partial charge in [0.2, 0.25) is 0 Å². The normalized spacial score (nSPS) is 11.4. The fourth-order valence-electron chi connectivity index (χ4n) is 3.01. The number of hydrogen-bond donors (Lipinski definition) is 2. The van der Waals surface area contributed by atoms with Crippen LogP contribution in [0, 0.1) is 0 Å². The van der Waals surface area contributed by atoms with E-state index in [9.17, 15) is 14.4 Å². The molecule has 0 unspecified atom stereocenters. The minimum Gasteiger partial charge on any atom is -0.481 e. The Hall–Kier alpha value is -2.11. The number of ether oxygens (including phenoxy) is 10. The van der Waals surface area contributed by atoms with Crippen molar-refractivity contribution >= 4 is 18.0 Å². The van der Waals surface area contributed by atoms with Gasteiger partial charge in [0.25, 0.3) is 0 Å². The second kappa shape index (κ2) is 30.9. The van der Waals surface area contributed by atoms with E-state index < -0.39 is 17.7 Å². The van der Waals surface area contributed by atoms with Crippen LogP contribution < -0.4 is 5.32 Å². The molecule has 0 aliphatic rings. The highest BCUT2D eigenvalue weighted by Gasteiger charge is 2.15. The number of hydrogen-bond acceptors (Lipinski definition) is 13. The van der Waals surface area contributed by atoms with Crippen molar-refractivity contribution in [2.45, 2.75) is 52.1 Å². The number of carbonyl (C=O) groups excluding carboxylic acids is 2. The van der Waals surface area contributed by atoms with Crippen molar-refractivity contribution in [2.24, 2.45) is 0 Å². The van der Waals surface area contributed by atoms with Gasteiger partial charge in [0, 0.05) is 19.4 Å². The van der Waals surface area contributed by atoms with Crippen molar-refractivity contribution in [3.8, 4) is 0 Å². The third kappa shape index (κ3) is 36.1. The van der Waals surface area contributed by atoms with Gasteiger partial charge in [-0.15, -0.1) is 0 Å². The molecule has 1 amide bonds. The van der Waals surface area contributed by atoms with Crippen LogP contribution in [0.25, 0.3) is 0 Å². The summed E-state index contributed by atoms with van der Waals surface area (Å²) in [5.41, 5.74) is -0.518. The Morgan fingerprint density at radius 3 is 1.23 bits per heavy atom. The fourth-order valence-corrected chi connectivity index (χ4v) is 3.01. The predicted octanol–water partition coefficient (Wildman–Crippen LogP) is 1.83. The van der Waals surface area contributed by atoms with Gasteiger partial charge in [0.05, 0.1) is 106 Å². The van der Waals surface area contributed by atoms with Gasteiger partial charge in [-0.1, -0.05) is 0 Å². The Labute approximate surface area is 261 Å². The average Bonchev–Trinajstić information content (AvgIpc) is 2.95. The molecule has 0 saturated carbocycles. The Morgan fingerprint density at radius 1 is 0.523 bits per heavy atom. The zero-order valence-corrected chi connectivity index (χ0v) is 26.8. The van der Waals surface area contributed by atoms with Crippen LogP contribution in [0.5, 0.6) is 0 Å². The van der Waals surface area contributed by atoms with Gasteiger partial charge >= 0.3 is 18.0 Å². The third-order valence-corrected chi connectivity index (χ3v) is 5.03. The lowest BCUT2D eigenvalue weighted by Gasteiger charge is -2.19. The molecule has 0 bridgehead atoms. The summed E-state index contributed by atoms with van der Waals surface area (Å²) < 4.78 is 53.4. The number of carboxylic acid groups (broad SMARTS) is 1. The lowest BCUT2D eigenvalue weighted by molar-refractivity contribution is -0.146. The first kappa shape index (κ1) is 41.9. The number of nitrogens with one attached hydrogen (secondary N) is 1. The van der Waals surface area contributed by atoms with E-state index in [1.54, 1.807) is 0 Å². The van der Waals surface area contributed by atoms with E-state index in [2.05, 4.69) is 5.32 Å². The summed E-state index contributed by atoms with van der Waals surface area (Å²) in [7, 11) is 0. The molecular weight excluding hydrogens is 586 g/mol. The molecule has 0 radical (unpaired) electrons. The molecular formula is C29H55NO14. The highest BCUT2D eigenvalue weighted by Crippen LogP contribution is 2.06. The first-order chi connectivity index (χ1) is 21.2. The van der Waals surface area contributed by atoms with Crippen molar-refractivity contribution in [1.29, 1.82) is 0 Å². The number of alkyl carbamates (subject to hydrolysis) is 1. The second-order valence-electron chi connectivity index (χ2n) is 10.1. The molecule has 15 nitrogen and oxygen atoms in total. The van der Waals surface area contributed by atoms with Crippen LogP contribution in [0.15, 0.2) is 0 Å². The van der Waals surface area contributed by atoms with Crippen molar-refractivity contribution in [3.05, 3.63) is 0 Å². The molecule has 0 aromatic rings. The van der Waals surface area contributed by atoms with Crippen molar-refractivity contribution < 1.29 is 66.9 Å². The maximum atomic E-state index is 11.5. The minimum atomic E-state index is -0.866. The molecule has 0 fully saturated rings. The molecule has 15 heteroatoms. The maximum Gasteiger partial charge on any atom is 0.407 e. The van der Waals surface area contributed by atoms with E-state index in [-0.39, 0.29) is 32.0 Å². The quantitative estimate of drug-likeness (QED) is 0.0804. The van der Waals surface area contributed by atoms with Gasteiger partial charge in [-0.2, -0.15) is 0 Å². The summed E-state index contributed by atoms with van der Waals surface area (Å²) in [6, 6.07) is 0. The van der Waals surface area contributed by atoms with E-state index in [1.807, 2.05) is 20.8 Å². The van der Waals surface area contributed by atoms with Crippen molar-refractivity contribution in [2.75, 3.05) is 119 Å². The molecule has 0 saturated heterocycles. The van der Waals surface area contributed by atoms with Crippen LogP contribution in [0.2, 0.25) is 0 Å². The summed E-state index contributed by atoms with van der Waals surface area (Å²) >= 11 is 0. The number of carboxylic acids is 1. The lowest BCUT2D eigenvalue weighted by Crippen LogP contribution is -2.34. The van der Waals surface area contributed by atoms with E-state index in [1.165, 1.54) is 0 Å². The van der Waals surface area contributed by atoms with Crippen LogP contribution >= 0.6 is 0 Å². The maximum absolute atomic E-state index is 11.5. The van der Waals surface area contributed by atoms with Crippen molar-refractivity contribution in [1.82, 2.24) is 5.32 Å². The van der Waals surface area contributed by atoms with Crippen LogP contribution in [-0.2, 0) is 57.0 Å². The lowest BCUT2D eigenvalue weighted by atomic mass is 10.2. The standard InChI is InChI=1S/C29H55NO14/c1-29(2,3)44-28(34)30-8-9-35-10-11-36-12-13-37-14-15-38-16-17-39-18-19-40-20-21-41-22-23-42-24-25-43-27(33)7-5-4-6-26(31)32/h4-25H2,1-3H3,(H,30,34)(H,31,32). The van der Waals surface area contributed by atoms with Gasteiger partial charge in [0.15, 0.2) is 0 Å². The summed E-state index contributed by atoms with van der Waals surface area (Å²) in [4.78, 5) is 33.3. The Bertz CT molecular complexity index is 689. The zero-order valence-electron chi connectivity index (χ0n) is 26.8. The highest BCUT2D eigenvalue weighted by atomic mass is 16.6. The molecule has 44 heavy (non-hydrogen) atoms. The van der Waals surface area contributed by atoms with Gasteiger partial charge < -0.3 is 57.8 Å². The smallest absolute Gasteiger partial charge is 0.407 e. The first-order valence-corrected chi connectivity index (χ1v) is 15.2. The van der Waals surface area contributed by atoms with Gasteiger partial charge in [0.1, 0.15) is 12.2 Å². The topological polar surface area (TPSA) is 176 Å². The molecule has 260 valence electrons. The van der Waals surface area contributed by atoms with Gasteiger partial charge in [-0.25, -0.2) is 4.79 Å². The van der Waals surface area contributed by atoms with Gasteiger partial charge in [-0.05, 0) is 33.6 Å². The number of unbranched alkanes of at least 4 members (excludes halogenated alkanes) is 1. The molecule has 0 heterocycles. The molecule has 0 rings (SSSR count). The van der Waals surface area contributed by atoms with Crippen LogP contribution in [0.3, 0.4) is 0 Å². The van der Waals surface area contributed by atoms with Gasteiger partial charge in [-0.3, -0.25) is 9.59 Å². The molecule has 0 atom stereocenters. The summed E-state index contributed by atoms with van der Waals surface area (Å²) in [5, 5.41) is 11.2. The summed E-state index contributed by atoms with van der Waals surface area (Å²) in [6.45, 7) is 12.9. The van der Waals surface area contributed by atoms with E-state index >= 15 is 0 Å². The number of rotatable bonds is 32. The predicted molar refractivity (Wildman–Crippen MR) is 158 cm³/mol. The Morgan fingerprint density at radius 2 is 0.864 bits per heavy atom. The molecule has 0 spiro atoms. The molecule has 0 aliphatic carbocycles. The van der Waals surface area contributed by atoms with Crippen LogP contribution in [0.4, 0.5) is 4.79 Å². The second-order valence-corrected chi connectivity index (χ2v) is 10.1. The fraction of sp³-hybridized carbons (Fsp3) is 0.897. The van der Waals surface area contributed by atoms with Crippen LogP contribution in [-0.4, -0.2) is 148 Å². The van der Waals surface area contributed by atoms with Crippen molar-refractivity contribution in [3.63, 3.8) is 0 Å². The SMILES string of the molecule is CC(C)(C)OC(=O)NCCOCCOCCOCCOCCOCCOCCOCCOCCOC(=O)CCCCC(=O)O. The number of amides is 1. The number of carbonyl (C=O) groups is 3.